The van der Waals surface area contributed by atoms with Crippen molar-refractivity contribution in [3.8, 4) is 5.75 Å². The molecule has 0 radical (unpaired) electrons. The maximum Gasteiger partial charge on any atom is 0.329 e. The number of hydrogen-bond acceptors (Lipinski definition) is 6. The average Bonchev–Trinajstić information content (AvgIpc) is 2.55. The molecule has 3 N–H and O–H groups in total. The second kappa shape index (κ2) is 9.73. The van der Waals surface area contributed by atoms with Gasteiger partial charge >= 0.3 is 12.0 Å². The van der Waals surface area contributed by atoms with E-state index < -0.39 is 24.6 Å². The molecule has 7 nitrogen and oxygen atoms in total. The molecule has 0 bridgehead atoms. The van der Waals surface area contributed by atoms with Crippen LogP contribution in [-0.4, -0.2) is 49.6 Å². The minimum absolute atomic E-state index is 0.344. The number of primary amides is 1. The molecular formula is C15H20N2O5S. The van der Waals surface area contributed by atoms with Crippen molar-refractivity contribution in [2.45, 2.75) is 12.5 Å². The lowest BCUT2D eigenvalue weighted by atomic mass is 10.1. The third-order valence-corrected chi connectivity index (χ3v) is 3.61. The highest BCUT2D eigenvalue weighted by molar-refractivity contribution is 7.98. The summed E-state index contributed by atoms with van der Waals surface area (Å²) in [5.74, 6) is 0.247. The van der Waals surface area contributed by atoms with Gasteiger partial charge in [-0.15, -0.1) is 0 Å². The number of methoxy groups -OCH3 is 1. The summed E-state index contributed by atoms with van der Waals surface area (Å²) >= 11 is 1.52. The van der Waals surface area contributed by atoms with Crippen molar-refractivity contribution in [3.63, 3.8) is 0 Å². The highest BCUT2D eigenvalue weighted by Crippen LogP contribution is 2.12. The smallest absolute Gasteiger partial charge is 0.329 e. The number of rotatable bonds is 9. The molecule has 126 valence electrons. The number of amides is 2. The van der Waals surface area contributed by atoms with Gasteiger partial charge in [-0.05, 0) is 42.7 Å². The number of benzene rings is 1. The molecule has 0 aliphatic rings. The van der Waals surface area contributed by atoms with E-state index in [1.165, 1.54) is 18.9 Å². The van der Waals surface area contributed by atoms with E-state index in [0.29, 0.717) is 23.5 Å². The number of nitrogens with one attached hydrogen (secondary N) is 1. The van der Waals surface area contributed by atoms with Crippen LogP contribution in [-0.2, 0) is 9.53 Å². The van der Waals surface area contributed by atoms with Gasteiger partial charge in [-0.2, -0.15) is 11.8 Å². The highest BCUT2D eigenvalue weighted by Gasteiger charge is 2.22. The van der Waals surface area contributed by atoms with Gasteiger partial charge in [-0.1, -0.05) is 0 Å². The largest absolute Gasteiger partial charge is 0.497 e. The van der Waals surface area contributed by atoms with Gasteiger partial charge in [-0.3, -0.25) is 4.79 Å². The lowest BCUT2D eigenvalue weighted by Gasteiger charge is -2.15. The Hall–Kier alpha value is -2.22. The van der Waals surface area contributed by atoms with Gasteiger partial charge < -0.3 is 20.5 Å². The number of Topliss-reactive ketones (excluding diaryl/α,β-unsaturated/α-hetero) is 1. The first kappa shape index (κ1) is 18.8. The Morgan fingerprint density at radius 1 is 1.26 bits per heavy atom. The Kier molecular flexibility index (Phi) is 7.96. The number of urea groups is 1. The maximum absolute atomic E-state index is 12.0. The third-order valence-electron chi connectivity index (χ3n) is 2.97. The molecule has 8 heteroatoms. The summed E-state index contributed by atoms with van der Waals surface area (Å²) in [7, 11) is 1.53. The van der Waals surface area contributed by atoms with Crippen molar-refractivity contribution in [3.05, 3.63) is 29.8 Å². The zero-order chi connectivity index (χ0) is 17.2. The highest BCUT2D eigenvalue weighted by atomic mass is 32.2. The molecule has 0 aliphatic heterocycles. The predicted molar refractivity (Wildman–Crippen MR) is 87.8 cm³/mol. The van der Waals surface area contributed by atoms with Crippen LogP contribution in [0.3, 0.4) is 0 Å². The number of carbonyl (C=O) groups is 3. The molecule has 0 unspecified atom stereocenters. The van der Waals surface area contributed by atoms with Crippen LogP contribution in [0.15, 0.2) is 24.3 Å². The van der Waals surface area contributed by atoms with Gasteiger partial charge in [0.25, 0.3) is 0 Å². The molecule has 0 fully saturated rings. The first-order valence-electron chi connectivity index (χ1n) is 6.86. The van der Waals surface area contributed by atoms with Gasteiger partial charge in [0.2, 0.25) is 0 Å². The van der Waals surface area contributed by atoms with Crippen LogP contribution in [0.4, 0.5) is 4.79 Å². The molecule has 23 heavy (non-hydrogen) atoms. The Balaban J connectivity index is 2.56. The van der Waals surface area contributed by atoms with Crippen LogP contribution in [0.2, 0.25) is 0 Å². The van der Waals surface area contributed by atoms with Crippen molar-refractivity contribution in [2.24, 2.45) is 5.73 Å². The molecule has 0 aromatic heterocycles. The topological polar surface area (TPSA) is 108 Å². The molecule has 0 spiro atoms. The van der Waals surface area contributed by atoms with E-state index in [2.05, 4.69) is 5.32 Å². The lowest BCUT2D eigenvalue weighted by Crippen LogP contribution is -2.45. The quantitative estimate of drug-likeness (QED) is 0.517. The number of ketones is 1. The lowest BCUT2D eigenvalue weighted by molar-refractivity contribution is -0.144. The van der Waals surface area contributed by atoms with Gasteiger partial charge in [-0.25, -0.2) is 9.59 Å². The Labute approximate surface area is 138 Å². The summed E-state index contributed by atoms with van der Waals surface area (Å²) in [5, 5.41) is 2.32. The van der Waals surface area contributed by atoms with E-state index in [-0.39, 0.29) is 5.78 Å². The minimum atomic E-state index is -0.858. The van der Waals surface area contributed by atoms with Crippen molar-refractivity contribution in [1.82, 2.24) is 5.32 Å². The van der Waals surface area contributed by atoms with Crippen LogP contribution in [0, 0.1) is 0 Å². The van der Waals surface area contributed by atoms with Gasteiger partial charge in [0.15, 0.2) is 12.4 Å². The fraction of sp³-hybridized carbons (Fsp3) is 0.400. The van der Waals surface area contributed by atoms with Crippen molar-refractivity contribution < 1.29 is 23.9 Å². The van der Waals surface area contributed by atoms with Crippen molar-refractivity contribution >= 4 is 29.5 Å². The van der Waals surface area contributed by atoms with E-state index >= 15 is 0 Å². The van der Waals surface area contributed by atoms with E-state index in [0.717, 1.165) is 0 Å². The standard InChI is InChI=1S/C15H20N2O5S/c1-21-11-5-3-10(4-6-11)13(18)9-22-14(19)12(7-8-23-2)17-15(16)20/h3-6,12H,7-9H2,1-2H3,(H3,16,17,20)/t12-/m0/s1. The molecule has 0 aliphatic carbocycles. The second-order valence-electron chi connectivity index (χ2n) is 4.60. The summed E-state index contributed by atoms with van der Waals surface area (Å²) in [6.07, 6.45) is 2.25. The number of thioether (sulfide) groups is 1. The number of nitrogens with two attached hydrogens (primary N) is 1. The molecule has 1 rings (SSSR count). The summed E-state index contributed by atoms with van der Waals surface area (Å²) < 4.78 is 9.98. The monoisotopic (exact) mass is 340 g/mol. The molecule has 1 aromatic rings. The molecule has 2 amide bonds. The zero-order valence-corrected chi connectivity index (χ0v) is 13.9. The van der Waals surface area contributed by atoms with E-state index in [1.807, 2.05) is 6.26 Å². The minimum Gasteiger partial charge on any atom is -0.497 e. The fourth-order valence-corrected chi connectivity index (χ4v) is 2.23. The van der Waals surface area contributed by atoms with Crippen molar-refractivity contribution in [2.75, 3.05) is 25.7 Å². The normalized spacial score (nSPS) is 11.4. The fourth-order valence-electron chi connectivity index (χ4n) is 1.75. The van der Waals surface area contributed by atoms with E-state index in [9.17, 15) is 14.4 Å². The predicted octanol–water partition coefficient (Wildman–Crippen LogP) is 1.21. The Morgan fingerprint density at radius 2 is 1.91 bits per heavy atom. The third kappa shape index (κ3) is 6.60. The van der Waals surface area contributed by atoms with E-state index in [4.69, 9.17) is 15.2 Å². The first-order chi connectivity index (χ1) is 11.0. The van der Waals surface area contributed by atoms with Crippen LogP contribution >= 0.6 is 11.8 Å². The zero-order valence-electron chi connectivity index (χ0n) is 13.0. The van der Waals surface area contributed by atoms with Gasteiger partial charge in [0.1, 0.15) is 11.8 Å². The van der Waals surface area contributed by atoms with E-state index in [1.54, 1.807) is 24.3 Å². The maximum atomic E-state index is 12.0. The first-order valence-corrected chi connectivity index (χ1v) is 8.26. The molecule has 0 saturated heterocycles. The average molecular weight is 340 g/mol. The van der Waals surface area contributed by atoms with Gasteiger partial charge in [0, 0.05) is 5.56 Å². The summed E-state index contributed by atoms with van der Waals surface area (Å²) in [6.45, 7) is -0.401. The van der Waals surface area contributed by atoms with Crippen LogP contribution in [0.25, 0.3) is 0 Å². The Bertz CT molecular complexity index is 547. The number of carbonyl (C=O) groups excluding carboxylic acids is 3. The molecule has 1 aromatic carbocycles. The summed E-state index contributed by atoms with van der Waals surface area (Å²) in [6, 6.07) is 4.79. The SMILES string of the molecule is COc1ccc(C(=O)COC(=O)[C@H](CCSC)NC(N)=O)cc1. The Morgan fingerprint density at radius 3 is 2.43 bits per heavy atom. The van der Waals surface area contributed by atoms with Crippen LogP contribution < -0.4 is 15.8 Å². The number of ether oxygens (including phenoxy) is 2. The molecular weight excluding hydrogens is 320 g/mol. The second-order valence-corrected chi connectivity index (χ2v) is 5.59. The summed E-state index contributed by atoms with van der Waals surface area (Å²) in [5.41, 5.74) is 5.44. The van der Waals surface area contributed by atoms with Crippen LogP contribution in [0.1, 0.15) is 16.8 Å². The van der Waals surface area contributed by atoms with Crippen LogP contribution in [0.5, 0.6) is 5.75 Å². The molecule has 1 atom stereocenters. The van der Waals surface area contributed by atoms with Gasteiger partial charge in [0.05, 0.1) is 7.11 Å². The summed E-state index contributed by atoms with van der Waals surface area (Å²) in [4.78, 5) is 34.8. The number of esters is 1. The number of hydrogen-bond donors (Lipinski definition) is 2. The molecule has 0 heterocycles. The molecule has 0 saturated carbocycles. The van der Waals surface area contributed by atoms with Crippen molar-refractivity contribution in [1.29, 1.82) is 0 Å².